The fourth-order valence-electron chi connectivity index (χ4n) is 4.47. The normalized spacial score (nSPS) is 16.6. The van der Waals surface area contributed by atoms with Gasteiger partial charge in [-0.3, -0.25) is 14.6 Å². The second-order valence-corrected chi connectivity index (χ2v) is 9.28. The average molecular weight is 515 g/mol. The molecule has 198 valence electrons. The number of nitrogens with zero attached hydrogens (tertiary/aromatic N) is 2. The van der Waals surface area contributed by atoms with Crippen LogP contribution in [0.25, 0.3) is 5.76 Å². The number of aliphatic hydroxyl groups is 1. The van der Waals surface area contributed by atoms with Gasteiger partial charge in [0.15, 0.2) is 0 Å². The fourth-order valence-corrected chi connectivity index (χ4v) is 4.47. The second kappa shape index (κ2) is 12.9. The molecule has 1 amide bonds. The van der Waals surface area contributed by atoms with Gasteiger partial charge in [0.05, 0.1) is 24.8 Å². The molecule has 2 aromatic carbocycles. The van der Waals surface area contributed by atoms with Gasteiger partial charge in [0.2, 0.25) is 0 Å². The number of aromatic nitrogens is 1. The highest BCUT2D eigenvalue weighted by Gasteiger charge is 2.46. The molecule has 7 nitrogen and oxygen atoms in total. The number of amides is 1. The van der Waals surface area contributed by atoms with Gasteiger partial charge in [0.1, 0.15) is 17.3 Å². The van der Waals surface area contributed by atoms with E-state index in [2.05, 4.69) is 11.9 Å². The van der Waals surface area contributed by atoms with Crippen molar-refractivity contribution in [2.45, 2.75) is 52.1 Å². The van der Waals surface area contributed by atoms with Crippen molar-refractivity contribution in [1.29, 1.82) is 0 Å². The predicted octanol–water partition coefficient (Wildman–Crippen LogP) is 6.06. The van der Waals surface area contributed by atoms with Crippen molar-refractivity contribution in [1.82, 2.24) is 9.88 Å². The van der Waals surface area contributed by atoms with Gasteiger partial charge >= 0.3 is 0 Å². The Balaban J connectivity index is 1.72. The quantitative estimate of drug-likeness (QED) is 0.137. The zero-order valence-electron chi connectivity index (χ0n) is 21.9. The standard InChI is InChI=1S/C31H34N2O5/c1-3-5-6-19-38-25-12-10-23(11-13-25)28-27(29(34)24-8-7-9-26(20-24)37-18-4-2)30(35)31(36)33(28)21-22-14-16-32-17-15-22/h7-17,20,28,34H,3-6,18-19,21H2,1-2H3/b29-27+. The summed E-state index contributed by atoms with van der Waals surface area (Å²) in [5.74, 6) is -0.305. The lowest BCUT2D eigenvalue weighted by Crippen LogP contribution is -2.29. The Labute approximate surface area is 223 Å². The monoisotopic (exact) mass is 514 g/mol. The highest BCUT2D eigenvalue weighted by atomic mass is 16.5. The van der Waals surface area contributed by atoms with E-state index < -0.39 is 17.7 Å². The van der Waals surface area contributed by atoms with Gasteiger partial charge < -0.3 is 19.5 Å². The summed E-state index contributed by atoms with van der Waals surface area (Å²) in [4.78, 5) is 32.2. The average Bonchev–Trinajstić information content (AvgIpc) is 3.20. The van der Waals surface area contributed by atoms with Crippen molar-refractivity contribution < 1.29 is 24.2 Å². The van der Waals surface area contributed by atoms with Crippen molar-refractivity contribution in [3.63, 3.8) is 0 Å². The zero-order chi connectivity index (χ0) is 26.9. The smallest absolute Gasteiger partial charge is 0.295 e. The number of rotatable bonds is 12. The summed E-state index contributed by atoms with van der Waals surface area (Å²) in [5.41, 5.74) is 2.01. The van der Waals surface area contributed by atoms with E-state index in [1.807, 2.05) is 31.2 Å². The van der Waals surface area contributed by atoms with E-state index in [0.717, 1.165) is 37.0 Å². The summed E-state index contributed by atoms with van der Waals surface area (Å²) in [6, 6.07) is 17.2. The van der Waals surface area contributed by atoms with Gasteiger partial charge in [0.25, 0.3) is 11.7 Å². The van der Waals surface area contributed by atoms with Crippen LogP contribution in [0.2, 0.25) is 0 Å². The minimum absolute atomic E-state index is 0.0494. The van der Waals surface area contributed by atoms with E-state index in [1.54, 1.807) is 48.8 Å². The summed E-state index contributed by atoms with van der Waals surface area (Å²) in [5, 5.41) is 11.4. The van der Waals surface area contributed by atoms with Crippen molar-refractivity contribution in [3.05, 3.63) is 95.3 Å². The van der Waals surface area contributed by atoms with Crippen LogP contribution in [0, 0.1) is 0 Å². The third kappa shape index (κ3) is 6.22. The first-order valence-corrected chi connectivity index (χ1v) is 13.2. The van der Waals surface area contributed by atoms with Crippen LogP contribution in [0.3, 0.4) is 0 Å². The highest BCUT2D eigenvalue weighted by molar-refractivity contribution is 6.46. The minimum atomic E-state index is -0.766. The molecule has 0 aliphatic carbocycles. The molecule has 3 aromatic rings. The summed E-state index contributed by atoms with van der Waals surface area (Å²) in [6.07, 6.45) is 7.33. The van der Waals surface area contributed by atoms with Crippen LogP contribution in [0.5, 0.6) is 11.5 Å². The van der Waals surface area contributed by atoms with E-state index in [-0.39, 0.29) is 17.9 Å². The Hall–Kier alpha value is -4.13. The number of ether oxygens (including phenoxy) is 2. The number of pyridine rings is 1. The van der Waals surface area contributed by atoms with Crippen molar-refractivity contribution >= 4 is 17.4 Å². The maximum Gasteiger partial charge on any atom is 0.295 e. The lowest BCUT2D eigenvalue weighted by Gasteiger charge is -2.25. The predicted molar refractivity (Wildman–Crippen MR) is 146 cm³/mol. The third-order valence-corrected chi connectivity index (χ3v) is 6.44. The van der Waals surface area contributed by atoms with E-state index in [0.29, 0.717) is 30.1 Å². The van der Waals surface area contributed by atoms with E-state index in [9.17, 15) is 14.7 Å². The number of hydrogen-bond donors (Lipinski definition) is 1. The van der Waals surface area contributed by atoms with Crippen molar-refractivity contribution in [2.24, 2.45) is 0 Å². The molecule has 1 saturated heterocycles. The first kappa shape index (κ1) is 26.9. The molecule has 1 N–H and O–H groups in total. The SMILES string of the molecule is CCCCCOc1ccc(C2/C(=C(\O)c3cccc(OCCC)c3)C(=O)C(=O)N2Cc2ccncc2)cc1. The third-order valence-electron chi connectivity index (χ3n) is 6.44. The number of unbranched alkanes of at least 4 members (excludes halogenated alkanes) is 2. The largest absolute Gasteiger partial charge is 0.507 e. The van der Waals surface area contributed by atoms with Gasteiger partial charge in [-0.2, -0.15) is 0 Å². The molecular weight excluding hydrogens is 480 g/mol. The van der Waals surface area contributed by atoms with Gasteiger partial charge in [-0.05, 0) is 60.4 Å². The van der Waals surface area contributed by atoms with Crippen LogP contribution in [-0.4, -0.2) is 39.9 Å². The molecule has 0 saturated carbocycles. The van der Waals surface area contributed by atoms with Gasteiger partial charge in [-0.15, -0.1) is 0 Å². The number of likely N-dealkylation sites (tertiary alicyclic amines) is 1. The van der Waals surface area contributed by atoms with Crippen LogP contribution in [-0.2, 0) is 16.1 Å². The van der Waals surface area contributed by atoms with E-state index in [1.165, 1.54) is 4.90 Å². The van der Waals surface area contributed by atoms with Gasteiger partial charge in [-0.25, -0.2) is 0 Å². The number of hydrogen-bond acceptors (Lipinski definition) is 6. The number of carbonyl (C=O) groups is 2. The highest BCUT2D eigenvalue weighted by Crippen LogP contribution is 2.41. The van der Waals surface area contributed by atoms with Crippen LogP contribution in [0.4, 0.5) is 0 Å². The minimum Gasteiger partial charge on any atom is -0.507 e. The Morgan fingerprint density at radius 3 is 2.34 bits per heavy atom. The summed E-state index contributed by atoms with van der Waals surface area (Å²) in [7, 11) is 0. The van der Waals surface area contributed by atoms with E-state index >= 15 is 0 Å². The number of ketones is 1. The molecule has 7 heteroatoms. The van der Waals surface area contributed by atoms with Crippen molar-refractivity contribution in [2.75, 3.05) is 13.2 Å². The molecule has 1 aromatic heterocycles. The summed E-state index contributed by atoms with van der Waals surface area (Å²) >= 11 is 0. The van der Waals surface area contributed by atoms with Crippen LogP contribution >= 0.6 is 0 Å². The number of aliphatic hydroxyl groups excluding tert-OH is 1. The molecule has 0 spiro atoms. The molecule has 0 bridgehead atoms. The molecule has 1 fully saturated rings. The molecule has 38 heavy (non-hydrogen) atoms. The molecule has 2 heterocycles. The van der Waals surface area contributed by atoms with Crippen LogP contribution in [0.15, 0.2) is 78.6 Å². The summed E-state index contributed by atoms with van der Waals surface area (Å²) in [6.45, 7) is 5.52. The van der Waals surface area contributed by atoms with Crippen LogP contribution in [0.1, 0.15) is 62.3 Å². The van der Waals surface area contributed by atoms with Gasteiger partial charge in [-0.1, -0.05) is 51.0 Å². The fraction of sp³-hybridized carbons (Fsp3) is 0.323. The molecule has 1 atom stereocenters. The molecule has 1 unspecified atom stereocenters. The van der Waals surface area contributed by atoms with Crippen molar-refractivity contribution in [3.8, 4) is 11.5 Å². The van der Waals surface area contributed by atoms with Crippen LogP contribution < -0.4 is 9.47 Å². The lowest BCUT2D eigenvalue weighted by atomic mass is 9.95. The Morgan fingerprint density at radius 2 is 1.63 bits per heavy atom. The maximum absolute atomic E-state index is 13.4. The number of carbonyl (C=O) groups excluding carboxylic acids is 2. The van der Waals surface area contributed by atoms with Gasteiger partial charge in [0, 0.05) is 24.5 Å². The Kier molecular flexibility index (Phi) is 9.14. The van der Waals surface area contributed by atoms with E-state index in [4.69, 9.17) is 9.47 Å². The topological polar surface area (TPSA) is 89.0 Å². The number of benzene rings is 2. The lowest BCUT2D eigenvalue weighted by molar-refractivity contribution is -0.140. The summed E-state index contributed by atoms with van der Waals surface area (Å²) < 4.78 is 11.6. The molecule has 1 aliphatic heterocycles. The second-order valence-electron chi connectivity index (χ2n) is 9.28. The molecule has 0 radical (unpaired) electrons. The zero-order valence-corrected chi connectivity index (χ0v) is 21.9. The first-order valence-electron chi connectivity index (χ1n) is 13.2. The maximum atomic E-state index is 13.4. The molecule has 1 aliphatic rings. The number of Topliss-reactive ketones (excluding diaryl/α,β-unsaturated/α-hetero) is 1. The molecular formula is C31H34N2O5. The Morgan fingerprint density at radius 1 is 0.895 bits per heavy atom. The molecule has 4 rings (SSSR count). The Bertz CT molecular complexity index is 1270. The first-order chi connectivity index (χ1) is 18.5.